The summed E-state index contributed by atoms with van der Waals surface area (Å²) >= 11 is 0. The summed E-state index contributed by atoms with van der Waals surface area (Å²) in [5.74, 6) is 0.363. The molecule has 1 saturated heterocycles. The quantitative estimate of drug-likeness (QED) is 0.445. The van der Waals surface area contributed by atoms with Gasteiger partial charge in [-0.15, -0.1) is 0 Å². The van der Waals surface area contributed by atoms with Gasteiger partial charge in [-0.2, -0.15) is 0 Å². The predicted molar refractivity (Wildman–Crippen MR) is 90.2 cm³/mol. The highest BCUT2D eigenvalue weighted by Crippen LogP contribution is 2.67. The average Bonchev–Trinajstić information content (AvgIpc) is 3.06. The largest absolute Gasteiger partial charge is 0.393 e. The third-order valence-corrected chi connectivity index (χ3v) is 7.70. The van der Waals surface area contributed by atoms with Gasteiger partial charge in [0.15, 0.2) is 0 Å². The first-order valence-electron chi connectivity index (χ1n) is 9.79. The molecule has 3 aliphatic carbocycles. The molecule has 0 unspecified atom stereocenters. The SMILES string of the molecule is [3H][C@H]1C=C2C=C3CC[C@@]4(C)[C@@H](CC[C@@H]4O)[C@@]34CC[C@]2(C[C@@H]1N=[N+]=[N-])O4. The van der Waals surface area contributed by atoms with Gasteiger partial charge in [-0.25, -0.2) is 0 Å². The molecule has 3 fully saturated rings. The summed E-state index contributed by atoms with van der Waals surface area (Å²) in [6.45, 7) is 2.24. The molecule has 0 aromatic carbocycles. The Morgan fingerprint density at radius 3 is 3.12 bits per heavy atom. The molecule has 5 rings (SSSR count). The molecule has 2 spiro atoms. The van der Waals surface area contributed by atoms with Crippen LogP contribution in [0.4, 0.5) is 0 Å². The van der Waals surface area contributed by atoms with Gasteiger partial charge in [-0.05, 0) is 79.4 Å². The van der Waals surface area contributed by atoms with Crippen molar-refractivity contribution in [2.75, 3.05) is 0 Å². The maximum atomic E-state index is 10.6. The molecule has 5 heteroatoms. The summed E-state index contributed by atoms with van der Waals surface area (Å²) in [7, 11) is 0. The lowest BCUT2D eigenvalue weighted by Gasteiger charge is -2.54. The lowest BCUT2D eigenvalue weighted by Crippen LogP contribution is -2.55. The fourth-order valence-corrected chi connectivity index (χ4v) is 6.42. The maximum Gasteiger partial charge on any atom is 0.0945 e. The summed E-state index contributed by atoms with van der Waals surface area (Å²) in [4.78, 5) is 2.95. The number of aliphatic hydroxyl groups excluding tert-OH is 1. The Bertz CT molecular complexity index is 745. The third kappa shape index (κ3) is 1.66. The number of ether oxygens (including phenoxy) is 1. The van der Waals surface area contributed by atoms with Crippen LogP contribution in [-0.4, -0.2) is 28.5 Å². The summed E-state index contributed by atoms with van der Waals surface area (Å²) in [6.07, 6.45) is 9.90. The van der Waals surface area contributed by atoms with Crippen LogP contribution in [0.5, 0.6) is 0 Å². The van der Waals surface area contributed by atoms with Crippen LogP contribution in [0, 0.1) is 11.3 Å². The number of rotatable bonds is 1. The van der Waals surface area contributed by atoms with E-state index in [9.17, 15) is 5.11 Å². The Hall–Kier alpha value is -1.29. The van der Waals surface area contributed by atoms with Crippen molar-refractivity contribution < 1.29 is 11.2 Å². The minimum atomic E-state index is -0.493. The molecule has 2 saturated carbocycles. The van der Waals surface area contributed by atoms with Crippen molar-refractivity contribution in [3.8, 4) is 0 Å². The summed E-state index contributed by atoms with van der Waals surface area (Å²) in [5, 5.41) is 14.5. The molecule has 0 amide bonds. The Morgan fingerprint density at radius 1 is 1.42 bits per heavy atom. The minimum absolute atomic E-state index is 0.0546. The van der Waals surface area contributed by atoms with Crippen molar-refractivity contribution in [3.63, 3.8) is 0 Å². The van der Waals surface area contributed by atoms with Crippen LogP contribution >= 0.6 is 0 Å². The average molecular weight is 329 g/mol. The zero-order valence-corrected chi connectivity index (χ0v) is 14.1. The summed E-state index contributed by atoms with van der Waals surface area (Å²) in [5.41, 5.74) is 10.6. The van der Waals surface area contributed by atoms with Crippen LogP contribution in [0.1, 0.15) is 59.6 Å². The molecule has 24 heavy (non-hydrogen) atoms. The van der Waals surface area contributed by atoms with Crippen molar-refractivity contribution in [2.45, 2.75) is 81.6 Å². The van der Waals surface area contributed by atoms with Crippen molar-refractivity contribution in [3.05, 3.63) is 33.7 Å². The summed E-state index contributed by atoms with van der Waals surface area (Å²) < 4.78 is 15.2. The second-order valence-electron chi connectivity index (χ2n) is 8.60. The molecule has 2 heterocycles. The fourth-order valence-electron chi connectivity index (χ4n) is 6.42. The molecule has 1 N–H and O–H groups in total. The number of azide groups is 1. The highest BCUT2D eigenvalue weighted by molar-refractivity contribution is 5.47. The standard InChI is InChI=1S/C19H25N3O2/c1-17-7-6-13-10-12-2-3-14(21-22-20)11-18(12)8-9-19(13,24-18)15(17)4-5-16(17)23/h2,10,14-16,23H,3-9,11H2,1H3/t14-,15-,16+,17+,18-,19-/m1/s1/i3T/t3-,14+,15+,16-,17-,18+,19+/m0. The first-order valence-corrected chi connectivity index (χ1v) is 9.22. The van der Waals surface area contributed by atoms with Gasteiger partial charge in [0.25, 0.3) is 0 Å². The first kappa shape index (κ1) is 13.9. The Labute approximate surface area is 143 Å². The number of aliphatic hydroxyl groups is 1. The Kier molecular flexibility index (Phi) is 2.71. The molecular weight excluding hydrogens is 302 g/mol. The van der Waals surface area contributed by atoms with E-state index in [1.165, 1.54) is 5.57 Å². The van der Waals surface area contributed by atoms with E-state index in [2.05, 4.69) is 23.0 Å². The Morgan fingerprint density at radius 2 is 2.29 bits per heavy atom. The molecule has 2 aliphatic heterocycles. The first-order chi connectivity index (χ1) is 11.9. The Balaban J connectivity index is 1.61. The van der Waals surface area contributed by atoms with Crippen LogP contribution in [0.3, 0.4) is 0 Å². The lowest BCUT2D eigenvalue weighted by molar-refractivity contribution is -0.150. The molecule has 5 aliphatic rings. The fraction of sp³-hybridized carbons (Fsp3) is 0.789. The van der Waals surface area contributed by atoms with Crippen LogP contribution in [0.15, 0.2) is 28.4 Å². The van der Waals surface area contributed by atoms with E-state index >= 15 is 0 Å². The second-order valence-corrected chi connectivity index (χ2v) is 8.60. The normalized spacial score (nSPS) is 55.3. The monoisotopic (exact) mass is 329 g/mol. The molecule has 0 aromatic heterocycles. The van der Waals surface area contributed by atoms with E-state index in [-0.39, 0.29) is 23.2 Å². The number of nitrogens with zero attached hydrogens (tertiary/aromatic N) is 3. The van der Waals surface area contributed by atoms with Crippen molar-refractivity contribution in [1.82, 2.24) is 0 Å². The number of hydrogen-bond acceptors (Lipinski definition) is 3. The van der Waals surface area contributed by atoms with Crippen molar-refractivity contribution in [2.24, 2.45) is 16.4 Å². The third-order valence-electron chi connectivity index (χ3n) is 7.70. The van der Waals surface area contributed by atoms with Crippen LogP contribution in [0.2, 0.25) is 0 Å². The van der Waals surface area contributed by atoms with E-state index in [0.717, 1.165) is 44.1 Å². The van der Waals surface area contributed by atoms with E-state index in [1.807, 2.05) is 6.08 Å². The van der Waals surface area contributed by atoms with Crippen LogP contribution in [0.25, 0.3) is 10.4 Å². The smallest absolute Gasteiger partial charge is 0.0945 e. The van der Waals surface area contributed by atoms with E-state index in [1.54, 1.807) is 0 Å². The second kappa shape index (κ2) is 4.66. The van der Waals surface area contributed by atoms with Gasteiger partial charge in [0.05, 0.1) is 17.3 Å². The highest BCUT2D eigenvalue weighted by atomic mass is 16.5. The van der Waals surface area contributed by atoms with Crippen LogP contribution < -0.4 is 0 Å². The molecule has 5 nitrogen and oxygen atoms in total. The van der Waals surface area contributed by atoms with Gasteiger partial charge in [-0.3, -0.25) is 0 Å². The minimum Gasteiger partial charge on any atom is -0.393 e. The van der Waals surface area contributed by atoms with Gasteiger partial charge in [0.2, 0.25) is 0 Å². The van der Waals surface area contributed by atoms with Gasteiger partial charge in [0.1, 0.15) is 0 Å². The van der Waals surface area contributed by atoms with Crippen molar-refractivity contribution in [1.29, 1.82) is 0 Å². The molecule has 0 aromatic rings. The zero-order chi connectivity index (χ0) is 17.4. The maximum absolute atomic E-state index is 10.6. The highest BCUT2D eigenvalue weighted by Gasteiger charge is 2.66. The molecule has 2 bridgehead atoms. The molecule has 7 atom stereocenters. The number of hydrogen-bond donors (Lipinski definition) is 1. The van der Waals surface area contributed by atoms with Gasteiger partial charge >= 0.3 is 0 Å². The zero-order valence-electron chi connectivity index (χ0n) is 15.1. The van der Waals surface area contributed by atoms with E-state index in [4.69, 9.17) is 11.6 Å². The van der Waals surface area contributed by atoms with Crippen molar-refractivity contribution >= 4 is 0 Å². The lowest BCUT2D eigenvalue weighted by atomic mass is 9.58. The van der Waals surface area contributed by atoms with Gasteiger partial charge in [0, 0.05) is 12.3 Å². The molecule has 128 valence electrons. The van der Waals surface area contributed by atoms with E-state index < -0.39 is 12.0 Å². The molecule has 0 radical (unpaired) electrons. The van der Waals surface area contributed by atoms with E-state index in [0.29, 0.717) is 12.3 Å². The summed E-state index contributed by atoms with van der Waals surface area (Å²) in [6, 6.07) is -0.358. The topological polar surface area (TPSA) is 78.2 Å². The predicted octanol–water partition coefficient (Wildman–Crippen LogP) is 4.18. The van der Waals surface area contributed by atoms with Gasteiger partial charge in [-0.1, -0.05) is 24.2 Å². The van der Waals surface area contributed by atoms with Gasteiger partial charge < -0.3 is 9.84 Å². The molecular formula is C19H25N3O2. The number of fused-ring (bicyclic) bond motifs is 1. The van der Waals surface area contributed by atoms with Crippen LogP contribution in [-0.2, 0) is 4.74 Å².